The first-order valence-corrected chi connectivity index (χ1v) is 10.8. The van der Waals surface area contributed by atoms with Gasteiger partial charge in [0, 0.05) is 45.0 Å². The second-order valence-electron chi connectivity index (χ2n) is 7.65. The van der Waals surface area contributed by atoms with Gasteiger partial charge in [0.15, 0.2) is 17.5 Å². The van der Waals surface area contributed by atoms with E-state index in [1.165, 1.54) is 12.3 Å². The predicted molar refractivity (Wildman–Crippen MR) is 141 cm³/mol. The number of carbonyl (C=O) groups is 1. The summed E-state index contributed by atoms with van der Waals surface area (Å²) in [5.74, 6) is 0.960. The van der Waals surface area contributed by atoms with Gasteiger partial charge in [-0.3, -0.25) is 14.8 Å². The molecule has 0 bridgehead atoms. The summed E-state index contributed by atoms with van der Waals surface area (Å²) in [6.07, 6.45) is 4.69. The fourth-order valence-electron chi connectivity index (χ4n) is 3.58. The van der Waals surface area contributed by atoms with Crippen molar-refractivity contribution in [3.05, 3.63) is 83.9 Å². The smallest absolute Gasteiger partial charge is 0.227 e. The Labute approximate surface area is 215 Å². The van der Waals surface area contributed by atoms with Gasteiger partial charge in [-0.25, -0.2) is 4.39 Å². The van der Waals surface area contributed by atoms with Crippen LogP contribution in [0.25, 0.3) is 0 Å². The normalized spacial score (nSPS) is 13.4. The van der Waals surface area contributed by atoms with E-state index in [1.54, 1.807) is 37.5 Å². The first-order chi connectivity index (χ1) is 16.1. The lowest BCUT2D eigenvalue weighted by Gasteiger charge is -2.16. The molecule has 1 aromatic heterocycles. The molecule has 2 heterocycles. The van der Waals surface area contributed by atoms with Crippen LogP contribution < -0.4 is 20.3 Å². The number of hydrogen-bond donors (Lipinski definition) is 2. The van der Waals surface area contributed by atoms with E-state index in [4.69, 9.17) is 4.74 Å². The number of rotatable bonds is 7. The molecule has 0 saturated carbocycles. The SMILES string of the molecule is CN=C(NCc1ccc(N2CCCC2=O)cc1)NCc1ccc(Oc2cccnc2)c(F)c1.I. The average Bonchev–Trinajstić information content (AvgIpc) is 3.27. The number of amides is 1. The first kappa shape index (κ1) is 25.4. The number of halogens is 2. The van der Waals surface area contributed by atoms with E-state index in [9.17, 15) is 9.18 Å². The van der Waals surface area contributed by atoms with Gasteiger partial charge in [0.2, 0.25) is 5.91 Å². The molecule has 0 radical (unpaired) electrons. The van der Waals surface area contributed by atoms with Crippen molar-refractivity contribution >= 4 is 41.5 Å². The van der Waals surface area contributed by atoms with Gasteiger partial charge in [0.05, 0.1) is 6.20 Å². The zero-order valence-corrected chi connectivity index (χ0v) is 21.2. The highest BCUT2D eigenvalue weighted by Crippen LogP contribution is 2.24. The summed E-state index contributed by atoms with van der Waals surface area (Å²) in [6, 6.07) is 16.2. The van der Waals surface area contributed by atoms with Gasteiger partial charge in [-0.15, -0.1) is 24.0 Å². The van der Waals surface area contributed by atoms with Crippen LogP contribution in [-0.2, 0) is 17.9 Å². The van der Waals surface area contributed by atoms with Gasteiger partial charge in [-0.05, 0) is 53.9 Å². The summed E-state index contributed by atoms with van der Waals surface area (Å²) in [6.45, 7) is 1.75. The number of aliphatic imine (C=N–C) groups is 1. The third-order valence-electron chi connectivity index (χ3n) is 5.32. The van der Waals surface area contributed by atoms with Crippen molar-refractivity contribution in [2.24, 2.45) is 4.99 Å². The van der Waals surface area contributed by atoms with Gasteiger partial charge in [0.25, 0.3) is 0 Å². The Hall–Kier alpha value is -3.21. The summed E-state index contributed by atoms with van der Waals surface area (Å²) < 4.78 is 20.0. The molecule has 0 aliphatic carbocycles. The highest BCUT2D eigenvalue weighted by Gasteiger charge is 2.21. The Morgan fingerprint density at radius 3 is 2.47 bits per heavy atom. The molecule has 1 saturated heterocycles. The van der Waals surface area contributed by atoms with E-state index in [1.807, 2.05) is 29.2 Å². The van der Waals surface area contributed by atoms with Gasteiger partial charge < -0.3 is 20.3 Å². The van der Waals surface area contributed by atoms with Gasteiger partial charge in [0.1, 0.15) is 5.75 Å². The van der Waals surface area contributed by atoms with Crippen LogP contribution in [0, 0.1) is 5.82 Å². The predicted octanol–water partition coefficient (Wildman–Crippen LogP) is 4.62. The molecule has 1 aliphatic heterocycles. The molecule has 2 N–H and O–H groups in total. The number of benzene rings is 2. The fourth-order valence-corrected chi connectivity index (χ4v) is 3.58. The third-order valence-corrected chi connectivity index (χ3v) is 5.32. The Bertz CT molecular complexity index is 1130. The first-order valence-electron chi connectivity index (χ1n) is 10.8. The minimum absolute atomic E-state index is 0. The molecular weight excluding hydrogens is 548 g/mol. The Morgan fingerprint density at radius 2 is 1.85 bits per heavy atom. The van der Waals surface area contributed by atoms with Gasteiger partial charge in [-0.2, -0.15) is 0 Å². The molecule has 0 atom stereocenters. The lowest BCUT2D eigenvalue weighted by molar-refractivity contribution is -0.117. The Kier molecular flexibility index (Phi) is 9.20. The lowest BCUT2D eigenvalue weighted by atomic mass is 10.2. The molecule has 0 unspecified atom stereocenters. The number of nitrogens with zero attached hydrogens (tertiary/aromatic N) is 3. The van der Waals surface area contributed by atoms with Crippen molar-refractivity contribution in [3.8, 4) is 11.5 Å². The molecule has 7 nitrogen and oxygen atoms in total. The number of nitrogens with one attached hydrogen (secondary N) is 2. The zero-order chi connectivity index (χ0) is 23.0. The number of carbonyl (C=O) groups excluding carboxylic acids is 1. The summed E-state index contributed by atoms with van der Waals surface area (Å²) >= 11 is 0. The molecule has 2 aromatic carbocycles. The molecule has 1 amide bonds. The van der Waals surface area contributed by atoms with E-state index in [-0.39, 0.29) is 35.6 Å². The number of anilines is 1. The number of hydrogen-bond acceptors (Lipinski definition) is 4. The molecule has 34 heavy (non-hydrogen) atoms. The van der Waals surface area contributed by atoms with Crippen LogP contribution in [-0.4, -0.2) is 30.4 Å². The van der Waals surface area contributed by atoms with Crippen LogP contribution in [0.2, 0.25) is 0 Å². The quantitative estimate of drug-likeness (QED) is 0.244. The number of pyridine rings is 1. The van der Waals surface area contributed by atoms with Crippen LogP contribution in [0.3, 0.4) is 0 Å². The molecule has 1 aliphatic rings. The van der Waals surface area contributed by atoms with E-state index in [0.717, 1.165) is 29.8 Å². The van der Waals surface area contributed by atoms with E-state index < -0.39 is 5.82 Å². The maximum absolute atomic E-state index is 14.4. The molecule has 178 valence electrons. The largest absolute Gasteiger partial charge is 0.453 e. The van der Waals surface area contributed by atoms with Crippen LogP contribution in [0.15, 0.2) is 72.0 Å². The standard InChI is InChI=1S/C25H26FN5O2.HI/c1-27-25(29-15-18-6-9-20(10-7-18)31-13-3-5-24(31)32)30-16-19-8-11-23(22(26)14-19)33-21-4-2-12-28-17-21;/h2,4,6-12,14,17H,3,5,13,15-16H2,1H3,(H2,27,29,30);1H. The van der Waals surface area contributed by atoms with Gasteiger partial charge >= 0.3 is 0 Å². The van der Waals surface area contributed by atoms with Crippen molar-refractivity contribution < 1.29 is 13.9 Å². The lowest BCUT2D eigenvalue weighted by Crippen LogP contribution is -2.36. The van der Waals surface area contributed by atoms with E-state index >= 15 is 0 Å². The zero-order valence-electron chi connectivity index (χ0n) is 18.8. The molecule has 9 heteroatoms. The highest BCUT2D eigenvalue weighted by atomic mass is 127. The van der Waals surface area contributed by atoms with Crippen LogP contribution >= 0.6 is 24.0 Å². The highest BCUT2D eigenvalue weighted by molar-refractivity contribution is 14.0. The van der Waals surface area contributed by atoms with Crippen molar-refractivity contribution in [1.29, 1.82) is 0 Å². The van der Waals surface area contributed by atoms with Gasteiger partial charge in [-0.1, -0.05) is 18.2 Å². The van der Waals surface area contributed by atoms with Crippen LogP contribution in [0.1, 0.15) is 24.0 Å². The van der Waals surface area contributed by atoms with Crippen molar-refractivity contribution in [1.82, 2.24) is 15.6 Å². The second-order valence-corrected chi connectivity index (χ2v) is 7.65. The van der Waals surface area contributed by atoms with Crippen LogP contribution in [0.5, 0.6) is 11.5 Å². The van der Waals surface area contributed by atoms with E-state index in [2.05, 4.69) is 20.6 Å². The maximum atomic E-state index is 14.4. The fraction of sp³-hybridized carbons (Fsp3) is 0.240. The van der Waals surface area contributed by atoms with Crippen LogP contribution in [0.4, 0.5) is 10.1 Å². The molecular formula is C25H27FIN5O2. The minimum atomic E-state index is -0.447. The van der Waals surface area contributed by atoms with Crippen molar-refractivity contribution in [2.75, 3.05) is 18.5 Å². The van der Waals surface area contributed by atoms with Crippen molar-refractivity contribution in [3.63, 3.8) is 0 Å². The maximum Gasteiger partial charge on any atom is 0.227 e. The van der Waals surface area contributed by atoms with Crippen molar-refractivity contribution in [2.45, 2.75) is 25.9 Å². The molecule has 0 spiro atoms. The number of aromatic nitrogens is 1. The Balaban J connectivity index is 0.00000324. The Morgan fingerprint density at radius 1 is 1.12 bits per heavy atom. The molecule has 3 aromatic rings. The summed E-state index contributed by atoms with van der Waals surface area (Å²) in [5.41, 5.74) is 2.76. The number of ether oxygens (including phenoxy) is 1. The topological polar surface area (TPSA) is 78.9 Å². The second kappa shape index (κ2) is 12.3. The molecule has 4 rings (SSSR count). The third kappa shape index (κ3) is 6.66. The number of guanidine groups is 1. The summed E-state index contributed by atoms with van der Waals surface area (Å²) in [4.78, 5) is 21.9. The monoisotopic (exact) mass is 575 g/mol. The summed E-state index contributed by atoms with van der Waals surface area (Å²) in [5, 5.41) is 6.43. The van der Waals surface area contributed by atoms with E-state index in [0.29, 0.717) is 31.2 Å². The summed E-state index contributed by atoms with van der Waals surface area (Å²) in [7, 11) is 1.68. The average molecular weight is 575 g/mol. The minimum Gasteiger partial charge on any atom is -0.453 e. The molecule has 1 fully saturated rings.